The number of hydrogen-bond donors (Lipinski definition) is 0. The minimum atomic E-state index is 0.396. The maximum Gasteiger partial charge on any atom is 0.0736 e. The maximum absolute atomic E-state index is 5.45. The van der Waals surface area contributed by atoms with E-state index in [1.807, 2.05) is 0 Å². The van der Waals surface area contributed by atoms with Crippen LogP contribution in [-0.4, -0.2) is 34.9 Å². The van der Waals surface area contributed by atoms with E-state index in [0.717, 1.165) is 38.7 Å². The summed E-state index contributed by atoms with van der Waals surface area (Å²) in [5.74, 6) is 1.26. The Morgan fingerprint density at radius 3 is 3.05 bits per heavy atom. The normalized spacial score (nSPS) is 22.0. The summed E-state index contributed by atoms with van der Waals surface area (Å²) in [5.41, 5.74) is 4.07. The van der Waals surface area contributed by atoms with E-state index < -0.39 is 0 Å². The molecule has 3 heterocycles. The summed E-state index contributed by atoms with van der Waals surface area (Å²) in [6.45, 7) is 4.93. The molecule has 1 fully saturated rings. The zero-order valence-electron chi connectivity index (χ0n) is 13.1. The van der Waals surface area contributed by atoms with Gasteiger partial charge in [0.15, 0.2) is 0 Å². The molecule has 0 unspecified atom stereocenters. The smallest absolute Gasteiger partial charge is 0.0736 e. The van der Waals surface area contributed by atoms with Gasteiger partial charge in [-0.3, -0.25) is 9.58 Å². The first-order chi connectivity index (χ1) is 10.8. The largest absolute Gasteiger partial charge is 0.384 e. The summed E-state index contributed by atoms with van der Waals surface area (Å²) in [6, 6.07) is 2.22. The minimum absolute atomic E-state index is 0.396. The molecule has 1 aliphatic carbocycles. The molecular formula is C17H23N3OS. The van der Waals surface area contributed by atoms with E-state index in [1.165, 1.54) is 29.7 Å². The Morgan fingerprint density at radius 2 is 2.32 bits per heavy atom. The van der Waals surface area contributed by atoms with Crippen molar-refractivity contribution in [3.63, 3.8) is 0 Å². The summed E-state index contributed by atoms with van der Waals surface area (Å²) < 4.78 is 7.63. The predicted octanol–water partition coefficient (Wildman–Crippen LogP) is 3.10. The van der Waals surface area contributed by atoms with Gasteiger partial charge >= 0.3 is 0 Å². The van der Waals surface area contributed by atoms with Crippen LogP contribution in [0.15, 0.2) is 23.0 Å². The van der Waals surface area contributed by atoms with Gasteiger partial charge < -0.3 is 4.74 Å². The third-order valence-corrected chi connectivity index (χ3v) is 5.36. The molecule has 118 valence electrons. The molecule has 0 N–H and O–H groups in total. The first kappa shape index (κ1) is 14.4. The molecular weight excluding hydrogens is 294 g/mol. The molecule has 0 saturated heterocycles. The zero-order chi connectivity index (χ0) is 14.9. The van der Waals surface area contributed by atoms with Gasteiger partial charge in [0, 0.05) is 51.0 Å². The highest BCUT2D eigenvalue weighted by Crippen LogP contribution is 2.33. The fourth-order valence-electron chi connectivity index (χ4n) is 3.40. The second kappa shape index (κ2) is 6.14. The average molecular weight is 317 g/mol. The van der Waals surface area contributed by atoms with Gasteiger partial charge in [-0.05, 0) is 41.1 Å². The number of methoxy groups -OCH3 is 1. The van der Waals surface area contributed by atoms with Crippen molar-refractivity contribution in [2.45, 2.75) is 38.4 Å². The SMILES string of the molecule is COC[C@@H]1CN(Cc2ccsc2)Cc2cn(CC3CC3)nc21. The van der Waals surface area contributed by atoms with Gasteiger partial charge in [-0.15, -0.1) is 0 Å². The summed E-state index contributed by atoms with van der Waals surface area (Å²) in [5, 5.41) is 9.28. The van der Waals surface area contributed by atoms with Crippen LogP contribution in [-0.2, 0) is 24.4 Å². The molecule has 2 aromatic heterocycles. The summed E-state index contributed by atoms with van der Waals surface area (Å²) in [6.07, 6.45) is 5.02. The first-order valence-electron chi connectivity index (χ1n) is 8.10. The van der Waals surface area contributed by atoms with Crippen LogP contribution in [0.1, 0.15) is 35.6 Å². The number of fused-ring (bicyclic) bond motifs is 1. The lowest BCUT2D eigenvalue weighted by atomic mass is 9.97. The van der Waals surface area contributed by atoms with Gasteiger partial charge in [-0.1, -0.05) is 0 Å². The molecule has 22 heavy (non-hydrogen) atoms. The topological polar surface area (TPSA) is 30.3 Å². The lowest BCUT2D eigenvalue weighted by molar-refractivity contribution is 0.134. The Bertz CT molecular complexity index is 618. The van der Waals surface area contributed by atoms with Crippen molar-refractivity contribution in [1.82, 2.24) is 14.7 Å². The average Bonchev–Trinajstić information content (AvgIpc) is 2.98. The molecule has 0 spiro atoms. The molecule has 2 aliphatic rings. The highest BCUT2D eigenvalue weighted by Gasteiger charge is 2.30. The quantitative estimate of drug-likeness (QED) is 0.820. The number of hydrogen-bond acceptors (Lipinski definition) is 4. The van der Waals surface area contributed by atoms with Crippen LogP contribution in [0.2, 0.25) is 0 Å². The molecule has 4 rings (SSSR count). The van der Waals surface area contributed by atoms with E-state index in [1.54, 1.807) is 18.4 Å². The summed E-state index contributed by atoms with van der Waals surface area (Å²) in [7, 11) is 1.79. The Labute approximate surface area is 135 Å². The van der Waals surface area contributed by atoms with Gasteiger partial charge in [0.1, 0.15) is 0 Å². The molecule has 1 saturated carbocycles. The molecule has 4 nitrogen and oxygen atoms in total. The molecule has 1 atom stereocenters. The fraction of sp³-hybridized carbons (Fsp3) is 0.588. The van der Waals surface area contributed by atoms with Crippen molar-refractivity contribution < 1.29 is 4.74 Å². The first-order valence-corrected chi connectivity index (χ1v) is 9.04. The number of aromatic nitrogens is 2. The second-order valence-corrected chi connectivity index (χ2v) is 7.44. The van der Waals surface area contributed by atoms with Crippen LogP contribution in [0.3, 0.4) is 0 Å². The molecule has 0 amide bonds. The third kappa shape index (κ3) is 3.12. The van der Waals surface area contributed by atoms with E-state index in [9.17, 15) is 0 Å². The van der Waals surface area contributed by atoms with E-state index >= 15 is 0 Å². The van der Waals surface area contributed by atoms with Gasteiger partial charge in [0.25, 0.3) is 0 Å². The standard InChI is InChI=1S/C17H23N3OS/c1-21-11-16-9-19(6-14-4-5-22-12-14)8-15-10-20(18-17(15)16)7-13-2-3-13/h4-5,10,12-13,16H,2-3,6-9,11H2,1H3/t16-/m0/s1. The highest BCUT2D eigenvalue weighted by atomic mass is 32.1. The van der Waals surface area contributed by atoms with Crippen LogP contribution in [0.5, 0.6) is 0 Å². The third-order valence-electron chi connectivity index (χ3n) is 4.63. The Morgan fingerprint density at radius 1 is 1.41 bits per heavy atom. The summed E-state index contributed by atoms with van der Waals surface area (Å²) >= 11 is 1.77. The minimum Gasteiger partial charge on any atom is -0.384 e. The van der Waals surface area contributed by atoms with Crippen molar-refractivity contribution >= 4 is 11.3 Å². The van der Waals surface area contributed by atoms with Gasteiger partial charge in [-0.2, -0.15) is 16.4 Å². The lowest BCUT2D eigenvalue weighted by Crippen LogP contribution is -2.34. The predicted molar refractivity (Wildman–Crippen MR) is 88.0 cm³/mol. The van der Waals surface area contributed by atoms with Crippen LogP contribution >= 0.6 is 11.3 Å². The Balaban J connectivity index is 1.53. The molecule has 0 aromatic carbocycles. The molecule has 2 aromatic rings. The second-order valence-electron chi connectivity index (χ2n) is 6.66. The van der Waals surface area contributed by atoms with Gasteiger partial charge in [0.2, 0.25) is 0 Å². The molecule has 1 aliphatic heterocycles. The number of thiophene rings is 1. The number of ether oxygens (including phenoxy) is 1. The Hall–Kier alpha value is -1.17. The van der Waals surface area contributed by atoms with Crippen LogP contribution in [0, 0.1) is 5.92 Å². The fourth-order valence-corrected chi connectivity index (χ4v) is 4.06. The molecule has 0 bridgehead atoms. The van der Waals surface area contributed by atoms with Crippen LogP contribution in [0.4, 0.5) is 0 Å². The van der Waals surface area contributed by atoms with Crippen molar-refractivity contribution in [2.75, 3.05) is 20.3 Å². The van der Waals surface area contributed by atoms with E-state index in [2.05, 4.69) is 32.6 Å². The molecule has 5 heteroatoms. The number of nitrogens with zero attached hydrogens (tertiary/aromatic N) is 3. The monoisotopic (exact) mass is 317 g/mol. The Kier molecular flexibility index (Phi) is 4.03. The lowest BCUT2D eigenvalue weighted by Gasteiger charge is -2.31. The van der Waals surface area contributed by atoms with Gasteiger partial charge in [0.05, 0.1) is 12.3 Å². The summed E-state index contributed by atoms with van der Waals surface area (Å²) in [4.78, 5) is 2.53. The van der Waals surface area contributed by atoms with E-state index in [-0.39, 0.29) is 0 Å². The molecule has 0 radical (unpaired) electrons. The van der Waals surface area contributed by atoms with Crippen LogP contribution in [0.25, 0.3) is 0 Å². The van der Waals surface area contributed by atoms with Crippen molar-refractivity contribution in [1.29, 1.82) is 0 Å². The maximum atomic E-state index is 5.45. The highest BCUT2D eigenvalue weighted by molar-refractivity contribution is 7.07. The van der Waals surface area contributed by atoms with E-state index in [4.69, 9.17) is 9.84 Å². The van der Waals surface area contributed by atoms with Crippen LogP contribution < -0.4 is 0 Å². The van der Waals surface area contributed by atoms with Crippen molar-refractivity contribution in [3.05, 3.63) is 39.8 Å². The van der Waals surface area contributed by atoms with E-state index in [0.29, 0.717) is 5.92 Å². The van der Waals surface area contributed by atoms with Crippen molar-refractivity contribution in [3.8, 4) is 0 Å². The number of rotatable bonds is 6. The zero-order valence-corrected chi connectivity index (χ0v) is 13.9. The van der Waals surface area contributed by atoms with Crippen molar-refractivity contribution in [2.24, 2.45) is 5.92 Å². The van der Waals surface area contributed by atoms with Gasteiger partial charge in [-0.25, -0.2) is 0 Å².